The van der Waals surface area contributed by atoms with Crippen molar-refractivity contribution in [1.29, 1.82) is 0 Å². The van der Waals surface area contributed by atoms with Crippen LogP contribution in [0.5, 0.6) is 11.5 Å². The molecule has 0 saturated carbocycles. The van der Waals surface area contributed by atoms with Crippen LogP contribution in [0.3, 0.4) is 0 Å². The quantitative estimate of drug-likeness (QED) is 0.436. The summed E-state index contributed by atoms with van der Waals surface area (Å²) in [5.74, 6) is -0.544. The number of methoxy groups -OCH3 is 2. The summed E-state index contributed by atoms with van der Waals surface area (Å²) < 4.78 is 16.6. The number of ketones is 1. The molecule has 2 heterocycles. The number of likely N-dealkylation sites (tertiary alicyclic amines) is 1. The number of aliphatic hydroxyl groups excluding tert-OH is 1. The second-order valence-corrected chi connectivity index (χ2v) is 7.56. The Morgan fingerprint density at radius 2 is 1.90 bits per heavy atom. The molecule has 7 nitrogen and oxygen atoms in total. The van der Waals surface area contributed by atoms with Crippen molar-refractivity contribution in [3.8, 4) is 11.5 Å². The normalized spacial score (nSPS) is 22.7. The van der Waals surface area contributed by atoms with E-state index in [-0.39, 0.29) is 24.0 Å². The Morgan fingerprint density at radius 1 is 1.13 bits per heavy atom. The first-order valence-electron chi connectivity index (χ1n) is 10.2. The molecule has 7 heteroatoms. The topological polar surface area (TPSA) is 85.3 Å². The van der Waals surface area contributed by atoms with Crippen LogP contribution in [0.1, 0.15) is 30.0 Å². The number of Topliss-reactive ketones (excluding diaryl/α,β-unsaturated/α-hetero) is 1. The van der Waals surface area contributed by atoms with Crippen LogP contribution in [-0.2, 0) is 14.3 Å². The minimum atomic E-state index is -0.801. The minimum Gasteiger partial charge on any atom is -0.507 e. The Kier molecular flexibility index (Phi) is 5.95. The molecule has 2 aromatic rings. The van der Waals surface area contributed by atoms with Crippen molar-refractivity contribution in [1.82, 2.24) is 4.90 Å². The molecule has 2 atom stereocenters. The van der Waals surface area contributed by atoms with Gasteiger partial charge in [0.05, 0.1) is 31.9 Å². The van der Waals surface area contributed by atoms with E-state index >= 15 is 0 Å². The first-order valence-corrected chi connectivity index (χ1v) is 10.2. The Labute approximate surface area is 180 Å². The number of benzene rings is 2. The number of amides is 1. The molecule has 2 saturated heterocycles. The van der Waals surface area contributed by atoms with Gasteiger partial charge in [-0.05, 0) is 25.0 Å². The monoisotopic (exact) mass is 423 g/mol. The molecule has 0 spiro atoms. The van der Waals surface area contributed by atoms with Gasteiger partial charge >= 0.3 is 0 Å². The standard InChI is InChI=1S/C24H25NO6/c1-29-16-10-11-18(19(13-16)30-2)21-20(22(26)15-7-4-3-5-8-15)23(27)24(28)25(21)14-17-9-6-12-31-17/h3-5,7-8,10-11,13,17,21,26H,6,9,12,14H2,1-2H3/b22-20+. The van der Waals surface area contributed by atoms with E-state index in [1.807, 2.05) is 6.07 Å². The summed E-state index contributed by atoms with van der Waals surface area (Å²) in [5, 5.41) is 11.1. The van der Waals surface area contributed by atoms with Crippen LogP contribution in [0.15, 0.2) is 54.1 Å². The largest absolute Gasteiger partial charge is 0.507 e. The molecule has 0 radical (unpaired) electrons. The minimum absolute atomic E-state index is 0.0395. The average Bonchev–Trinajstić information content (AvgIpc) is 3.41. The highest BCUT2D eigenvalue weighted by molar-refractivity contribution is 6.46. The van der Waals surface area contributed by atoms with Gasteiger partial charge in [-0.2, -0.15) is 0 Å². The second-order valence-electron chi connectivity index (χ2n) is 7.56. The third kappa shape index (κ3) is 3.88. The van der Waals surface area contributed by atoms with Crippen LogP contribution in [0.2, 0.25) is 0 Å². The summed E-state index contributed by atoms with van der Waals surface area (Å²) in [6.07, 6.45) is 1.57. The van der Waals surface area contributed by atoms with Crippen LogP contribution in [0.25, 0.3) is 5.76 Å². The number of hydrogen-bond acceptors (Lipinski definition) is 6. The van der Waals surface area contributed by atoms with Gasteiger partial charge in [-0.1, -0.05) is 30.3 Å². The molecule has 2 aliphatic rings. The third-order valence-electron chi connectivity index (χ3n) is 5.75. The molecule has 0 aromatic heterocycles. The van der Waals surface area contributed by atoms with Crippen LogP contribution < -0.4 is 9.47 Å². The van der Waals surface area contributed by atoms with E-state index < -0.39 is 17.7 Å². The smallest absolute Gasteiger partial charge is 0.295 e. The average molecular weight is 423 g/mol. The number of carbonyl (C=O) groups excluding carboxylic acids is 2. The van der Waals surface area contributed by atoms with Gasteiger partial charge in [-0.3, -0.25) is 9.59 Å². The summed E-state index contributed by atoms with van der Waals surface area (Å²) in [6.45, 7) is 0.894. The van der Waals surface area contributed by atoms with Gasteiger partial charge in [0.25, 0.3) is 11.7 Å². The van der Waals surface area contributed by atoms with Crippen molar-refractivity contribution < 1.29 is 28.9 Å². The first kappa shape index (κ1) is 20.9. The zero-order valence-corrected chi connectivity index (χ0v) is 17.5. The van der Waals surface area contributed by atoms with Crippen LogP contribution in [0.4, 0.5) is 0 Å². The summed E-state index contributed by atoms with van der Waals surface area (Å²) >= 11 is 0. The van der Waals surface area contributed by atoms with E-state index in [9.17, 15) is 14.7 Å². The summed E-state index contributed by atoms with van der Waals surface area (Å²) in [7, 11) is 3.06. The van der Waals surface area contributed by atoms with Crippen molar-refractivity contribution in [3.05, 3.63) is 65.2 Å². The molecule has 1 amide bonds. The van der Waals surface area contributed by atoms with Gasteiger partial charge in [0.1, 0.15) is 17.3 Å². The van der Waals surface area contributed by atoms with E-state index in [0.717, 1.165) is 12.8 Å². The highest BCUT2D eigenvalue weighted by Crippen LogP contribution is 2.44. The Balaban J connectivity index is 1.87. The fraction of sp³-hybridized carbons (Fsp3) is 0.333. The number of ether oxygens (including phenoxy) is 3. The Morgan fingerprint density at radius 3 is 2.55 bits per heavy atom. The first-order chi connectivity index (χ1) is 15.0. The third-order valence-corrected chi connectivity index (χ3v) is 5.75. The zero-order chi connectivity index (χ0) is 22.0. The van der Waals surface area contributed by atoms with Crippen molar-refractivity contribution in [2.75, 3.05) is 27.4 Å². The van der Waals surface area contributed by atoms with Crippen molar-refractivity contribution in [3.63, 3.8) is 0 Å². The lowest BCUT2D eigenvalue weighted by molar-refractivity contribution is -0.140. The van der Waals surface area contributed by atoms with E-state index in [0.29, 0.717) is 29.2 Å². The Hall–Kier alpha value is -3.32. The van der Waals surface area contributed by atoms with Crippen molar-refractivity contribution in [2.45, 2.75) is 25.0 Å². The molecule has 2 fully saturated rings. The zero-order valence-electron chi connectivity index (χ0n) is 17.5. The van der Waals surface area contributed by atoms with Crippen molar-refractivity contribution in [2.24, 2.45) is 0 Å². The summed E-state index contributed by atoms with van der Waals surface area (Å²) in [6, 6.07) is 13.1. The van der Waals surface area contributed by atoms with Gasteiger partial charge in [0.2, 0.25) is 0 Å². The summed E-state index contributed by atoms with van der Waals surface area (Å²) in [5.41, 5.74) is 1.10. The predicted octanol–water partition coefficient (Wildman–Crippen LogP) is 3.30. The lowest BCUT2D eigenvalue weighted by Crippen LogP contribution is -2.36. The van der Waals surface area contributed by atoms with Gasteiger partial charge < -0.3 is 24.2 Å². The van der Waals surface area contributed by atoms with E-state index in [4.69, 9.17) is 14.2 Å². The maximum absolute atomic E-state index is 13.1. The van der Waals surface area contributed by atoms with Gasteiger partial charge in [-0.25, -0.2) is 0 Å². The number of carbonyl (C=O) groups is 2. The molecular formula is C24H25NO6. The molecule has 2 unspecified atom stereocenters. The predicted molar refractivity (Wildman–Crippen MR) is 114 cm³/mol. The molecule has 4 rings (SSSR count). The number of rotatable bonds is 6. The van der Waals surface area contributed by atoms with Crippen LogP contribution in [-0.4, -0.2) is 55.2 Å². The molecule has 162 valence electrons. The SMILES string of the molecule is COc1ccc(C2/C(=C(\O)c3ccccc3)C(=O)C(=O)N2CC2CCCO2)c(OC)c1. The molecule has 0 bridgehead atoms. The van der Waals surface area contributed by atoms with E-state index in [1.54, 1.807) is 49.6 Å². The molecule has 2 aromatic carbocycles. The summed E-state index contributed by atoms with van der Waals surface area (Å²) in [4.78, 5) is 27.6. The second kappa shape index (κ2) is 8.81. The van der Waals surface area contributed by atoms with Gasteiger partial charge in [0.15, 0.2) is 0 Å². The molecule has 1 N–H and O–H groups in total. The van der Waals surface area contributed by atoms with Gasteiger partial charge in [0, 0.05) is 30.3 Å². The highest BCUT2D eigenvalue weighted by atomic mass is 16.5. The van der Waals surface area contributed by atoms with Crippen molar-refractivity contribution >= 4 is 17.4 Å². The number of nitrogens with zero attached hydrogens (tertiary/aromatic N) is 1. The fourth-order valence-corrected chi connectivity index (χ4v) is 4.20. The maximum Gasteiger partial charge on any atom is 0.295 e. The highest BCUT2D eigenvalue weighted by Gasteiger charge is 2.48. The van der Waals surface area contributed by atoms with Crippen LogP contribution in [0, 0.1) is 0 Å². The van der Waals surface area contributed by atoms with Crippen LogP contribution >= 0.6 is 0 Å². The molecule has 31 heavy (non-hydrogen) atoms. The maximum atomic E-state index is 13.1. The number of aliphatic hydroxyl groups is 1. The lowest BCUT2D eigenvalue weighted by Gasteiger charge is -2.28. The Bertz CT molecular complexity index is 1010. The van der Waals surface area contributed by atoms with Gasteiger partial charge in [-0.15, -0.1) is 0 Å². The fourth-order valence-electron chi connectivity index (χ4n) is 4.20. The van der Waals surface area contributed by atoms with E-state index in [1.165, 1.54) is 12.0 Å². The van der Waals surface area contributed by atoms with E-state index in [2.05, 4.69) is 0 Å². The molecular weight excluding hydrogens is 398 g/mol. The lowest BCUT2D eigenvalue weighted by atomic mass is 9.94. The number of hydrogen-bond donors (Lipinski definition) is 1. The molecule has 2 aliphatic heterocycles. The molecule has 0 aliphatic carbocycles.